The monoisotopic (exact) mass is 273 g/mol. The summed E-state index contributed by atoms with van der Waals surface area (Å²) in [6.45, 7) is 1.92. The number of hydrogen-bond donors (Lipinski definition) is 2. The van der Waals surface area contributed by atoms with Crippen molar-refractivity contribution in [3.63, 3.8) is 0 Å². The van der Waals surface area contributed by atoms with Crippen LogP contribution in [0.2, 0.25) is 0 Å². The summed E-state index contributed by atoms with van der Waals surface area (Å²) in [5.41, 5.74) is 6.19. The van der Waals surface area contributed by atoms with Crippen molar-refractivity contribution in [3.8, 4) is 0 Å². The highest BCUT2D eigenvalue weighted by Crippen LogP contribution is 2.06. The second kappa shape index (κ2) is 6.04. The molecule has 0 saturated carbocycles. The number of aromatic nitrogens is 1. The molecule has 1 heterocycles. The Kier molecular flexibility index (Phi) is 4.98. The minimum absolute atomic E-state index is 0.00816. The van der Waals surface area contributed by atoms with Crippen LogP contribution in [0.4, 0.5) is 0 Å². The van der Waals surface area contributed by atoms with Gasteiger partial charge in [-0.15, -0.1) is 0 Å². The van der Waals surface area contributed by atoms with Crippen LogP contribution in [0.15, 0.2) is 24.5 Å². The van der Waals surface area contributed by atoms with Crippen molar-refractivity contribution < 1.29 is 8.42 Å². The molecule has 0 saturated heterocycles. The molecule has 0 aliphatic heterocycles. The molecule has 0 radical (unpaired) electrons. The molecule has 1 unspecified atom stereocenters. The fourth-order valence-corrected chi connectivity index (χ4v) is 3.22. The van der Waals surface area contributed by atoms with Gasteiger partial charge in [-0.1, -0.05) is 25.2 Å². The summed E-state index contributed by atoms with van der Waals surface area (Å²) in [6, 6.07) is 3.53. The van der Waals surface area contributed by atoms with Crippen LogP contribution in [-0.2, 0) is 16.6 Å². The van der Waals surface area contributed by atoms with E-state index in [9.17, 15) is 8.42 Å². The molecule has 0 bridgehead atoms. The molecular formula is C10H15N3O2S2. The van der Waals surface area contributed by atoms with Gasteiger partial charge >= 0.3 is 0 Å². The number of nitrogens with two attached hydrogens (primary N) is 1. The molecule has 0 aromatic carbocycles. The molecule has 0 fully saturated rings. The van der Waals surface area contributed by atoms with Crippen molar-refractivity contribution in [2.75, 3.05) is 0 Å². The van der Waals surface area contributed by atoms with E-state index in [4.69, 9.17) is 18.0 Å². The van der Waals surface area contributed by atoms with Crippen molar-refractivity contribution in [1.82, 2.24) is 9.71 Å². The van der Waals surface area contributed by atoms with E-state index in [0.29, 0.717) is 6.42 Å². The van der Waals surface area contributed by atoms with Crippen molar-refractivity contribution in [2.45, 2.75) is 25.1 Å². The van der Waals surface area contributed by atoms with E-state index in [-0.39, 0.29) is 11.5 Å². The number of thiocarbonyl (C=S) groups is 1. The molecule has 5 nitrogen and oxygen atoms in total. The van der Waals surface area contributed by atoms with E-state index in [1.54, 1.807) is 31.5 Å². The third kappa shape index (κ3) is 4.03. The van der Waals surface area contributed by atoms with E-state index in [0.717, 1.165) is 5.56 Å². The SMILES string of the molecule is CCC(C(N)=S)S(=O)(=O)NCc1cccnc1. The molecule has 0 aliphatic carbocycles. The highest BCUT2D eigenvalue weighted by molar-refractivity contribution is 7.93. The van der Waals surface area contributed by atoms with Crippen LogP contribution in [0.3, 0.4) is 0 Å². The first-order valence-electron chi connectivity index (χ1n) is 5.14. The fraction of sp³-hybridized carbons (Fsp3) is 0.400. The first-order chi connectivity index (χ1) is 7.97. The molecule has 17 heavy (non-hydrogen) atoms. The number of hydrogen-bond acceptors (Lipinski definition) is 4. The van der Waals surface area contributed by atoms with E-state index in [1.165, 1.54) is 0 Å². The molecule has 0 amide bonds. The van der Waals surface area contributed by atoms with Gasteiger partial charge in [0.1, 0.15) is 5.25 Å². The summed E-state index contributed by atoms with van der Waals surface area (Å²) in [7, 11) is -3.51. The van der Waals surface area contributed by atoms with Gasteiger partial charge in [-0.05, 0) is 18.1 Å². The van der Waals surface area contributed by atoms with Crippen LogP contribution in [0.5, 0.6) is 0 Å². The van der Waals surface area contributed by atoms with Crippen molar-refractivity contribution in [2.24, 2.45) is 5.73 Å². The molecule has 0 aliphatic rings. The summed E-state index contributed by atoms with van der Waals surface area (Å²) >= 11 is 4.74. The van der Waals surface area contributed by atoms with Crippen LogP contribution in [0, 0.1) is 0 Å². The Morgan fingerprint density at radius 1 is 1.65 bits per heavy atom. The van der Waals surface area contributed by atoms with E-state index in [1.807, 2.05) is 0 Å². The number of rotatable bonds is 6. The van der Waals surface area contributed by atoms with Crippen LogP contribution in [-0.4, -0.2) is 23.6 Å². The van der Waals surface area contributed by atoms with Crippen LogP contribution < -0.4 is 10.5 Å². The minimum Gasteiger partial charge on any atom is -0.392 e. The summed E-state index contributed by atoms with van der Waals surface area (Å²) in [5, 5.41) is -0.825. The smallest absolute Gasteiger partial charge is 0.221 e. The fourth-order valence-electron chi connectivity index (χ4n) is 1.36. The second-order valence-electron chi connectivity index (χ2n) is 3.53. The highest BCUT2D eigenvalue weighted by atomic mass is 32.2. The van der Waals surface area contributed by atoms with E-state index in [2.05, 4.69) is 9.71 Å². The van der Waals surface area contributed by atoms with Crippen LogP contribution in [0.25, 0.3) is 0 Å². The maximum atomic E-state index is 11.9. The maximum absolute atomic E-state index is 11.9. The van der Waals surface area contributed by atoms with Gasteiger partial charge in [0.15, 0.2) is 0 Å². The lowest BCUT2D eigenvalue weighted by molar-refractivity contribution is 0.574. The molecule has 94 valence electrons. The first-order valence-corrected chi connectivity index (χ1v) is 7.09. The average Bonchev–Trinajstić information content (AvgIpc) is 2.28. The lowest BCUT2D eigenvalue weighted by Crippen LogP contribution is -2.41. The Bertz CT molecular complexity index is 474. The molecule has 0 spiro atoms. The van der Waals surface area contributed by atoms with Gasteiger partial charge in [-0.3, -0.25) is 4.98 Å². The first kappa shape index (κ1) is 14.0. The third-order valence-corrected chi connectivity index (χ3v) is 4.58. The lowest BCUT2D eigenvalue weighted by atomic mass is 10.3. The van der Waals surface area contributed by atoms with Gasteiger partial charge < -0.3 is 5.73 Å². The van der Waals surface area contributed by atoms with Crippen LogP contribution in [0.1, 0.15) is 18.9 Å². The Morgan fingerprint density at radius 3 is 2.82 bits per heavy atom. The van der Waals surface area contributed by atoms with Gasteiger partial charge in [0.25, 0.3) is 0 Å². The molecule has 1 rings (SSSR count). The summed E-state index contributed by atoms with van der Waals surface area (Å²) < 4.78 is 26.2. The zero-order valence-corrected chi connectivity index (χ0v) is 11.1. The summed E-state index contributed by atoms with van der Waals surface area (Å²) in [6.07, 6.45) is 3.59. The van der Waals surface area contributed by atoms with E-state index >= 15 is 0 Å². The average molecular weight is 273 g/mol. The summed E-state index contributed by atoms with van der Waals surface area (Å²) in [5.74, 6) is 0. The number of nitrogens with zero attached hydrogens (tertiary/aromatic N) is 1. The largest absolute Gasteiger partial charge is 0.392 e. The van der Waals surface area contributed by atoms with Crippen molar-refractivity contribution in [3.05, 3.63) is 30.1 Å². The third-order valence-electron chi connectivity index (χ3n) is 2.26. The van der Waals surface area contributed by atoms with Gasteiger partial charge in [0, 0.05) is 18.9 Å². The predicted octanol–water partition coefficient (Wildman–Crippen LogP) is 0.566. The zero-order chi connectivity index (χ0) is 12.9. The minimum atomic E-state index is -3.51. The topological polar surface area (TPSA) is 85.1 Å². The second-order valence-corrected chi connectivity index (χ2v) is 5.95. The maximum Gasteiger partial charge on any atom is 0.221 e. The molecular weight excluding hydrogens is 258 g/mol. The van der Waals surface area contributed by atoms with Crippen molar-refractivity contribution >= 4 is 27.2 Å². The molecule has 3 N–H and O–H groups in total. The van der Waals surface area contributed by atoms with Gasteiger partial charge in [0.2, 0.25) is 10.0 Å². The molecule has 7 heteroatoms. The predicted molar refractivity (Wildman–Crippen MR) is 70.9 cm³/mol. The van der Waals surface area contributed by atoms with Crippen molar-refractivity contribution in [1.29, 1.82) is 0 Å². The number of sulfonamides is 1. The van der Waals surface area contributed by atoms with Gasteiger partial charge in [-0.25, -0.2) is 13.1 Å². The molecule has 1 atom stereocenters. The Balaban J connectivity index is 2.71. The number of pyridine rings is 1. The van der Waals surface area contributed by atoms with Gasteiger partial charge in [0.05, 0.1) is 4.99 Å². The summed E-state index contributed by atoms with van der Waals surface area (Å²) in [4.78, 5) is 3.89. The lowest BCUT2D eigenvalue weighted by Gasteiger charge is -2.15. The Hall–Kier alpha value is -1.05. The van der Waals surface area contributed by atoms with Gasteiger partial charge in [-0.2, -0.15) is 0 Å². The standard InChI is InChI=1S/C10H15N3O2S2/c1-2-9(10(11)16)17(14,15)13-7-8-4-3-5-12-6-8/h3-6,9,13H,2,7H2,1H3,(H2,11,16). The van der Waals surface area contributed by atoms with Crippen LogP contribution >= 0.6 is 12.2 Å². The Labute approximate surface area is 106 Å². The normalized spacial score (nSPS) is 13.2. The molecule has 1 aromatic heterocycles. The zero-order valence-electron chi connectivity index (χ0n) is 9.46. The quantitative estimate of drug-likeness (QED) is 0.740. The number of nitrogens with one attached hydrogen (secondary N) is 1. The Morgan fingerprint density at radius 2 is 2.35 bits per heavy atom. The van der Waals surface area contributed by atoms with E-state index < -0.39 is 15.3 Å². The molecule has 1 aromatic rings. The highest BCUT2D eigenvalue weighted by Gasteiger charge is 2.25.